The molecule has 0 aliphatic heterocycles. The van der Waals surface area contributed by atoms with Gasteiger partial charge in [-0.2, -0.15) is 0 Å². The minimum atomic E-state index is 0.163. The van der Waals surface area contributed by atoms with Gasteiger partial charge >= 0.3 is 0 Å². The summed E-state index contributed by atoms with van der Waals surface area (Å²) >= 11 is 3.51. The monoisotopic (exact) mass is 329 g/mol. The molecule has 3 rings (SSSR count). The number of aliphatic hydroxyl groups excluding tert-OH is 1. The average molecular weight is 330 g/mol. The molecule has 3 nitrogen and oxygen atoms in total. The second-order valence-corrected chi connectivity index (χ2v) is 5.36. The lowest BCUT2D eigenvalue weighted by atomic mass is 10.1. The molecule has 0 fully saturated rings. The summed E-state index contributed by atoms with van der Waals surface area (Å²) in [5.74, 6) is 0.557. The Labute approximate surface area is 124 Å². The Kier molecular flexibility index (Phi) is 3.32. The number of oxazole rings is 1. The van der Waals surface area contributed by atoms with Gasteiger partial charge in [-0.1, -0.05) is 30.3 Å². The predicted octanol–water partition coefficient (Wildman–Crippen LogP) is 5.18. The van der Waals surface area contributed by atoms with Crippen LogP contribution in [0.15, 0.2) is 57.1 Å². The van der Waals surface area contributed by atoms with E-state index in [2.05, 4.69) is 20.9 Å². The van der Waals surface area contributed by atoms with Crippen molar-refractivity contribution >= 4 is 33.1 Å². The molecule has 0 aliphatic carbocycles. The van der Waals surface area contributed by atoms with Crippen LogP contribution in [-0.2, 0) is 0 Å². The molecule has 0 spiro atoms. The van der Waals surface area contributed by atoms with Crippen LogP contribution < -0.4 is 0 Å². The van der Waals surface area contributed by atoms with Gasteiger partial charge in [-0.3, -0.25) is 0 Å². The Morgan fingerprint density at radius 1 is 1.20 bits per heavy atom. The number of aromatic nitrogens is 1. The smallest absolute Gasteiger partial charge is 0.223 e. The number of rotatable bonds is 2. The Morgan fingerprint density at radius 3 is 2.65 bits per heavy atom. The summed E-state index contributed by atoms with van der Waals surface area (Å²) in [6, 6.07) is 14.1. The highest BCUT2D eigenvalue weighted by atomic mass is 79.9. The van der Waals surface area contributed by atoms with Crippen molar-refractivity contribution in [2.24, 2.45) is 0 Å². The van der Waals surface area contributed by atoms with E-state index in [1.165, 1.54) is 6.08 Å². The van der Waals surface area contributed by atoms with E-state index < -0.39 is 0 Å². The molecular weight excluding hydrogens is 318 g/mol. The molecule has 1 aromatic heterocycles. The lowest BCUT2D eigenvalue weighted by Gasteiger charge is -2.02. The van der Waals surface area contributed by atoms with Gasteiger partial charge < -0.3 is 9.52 Å². The molecule has 0 radical (unpaired) electrons. The third-order valence-electron chi connectivity index (χ3n) is 2.90. The summed E-state index contributed by atoms with van der Waals surface area (Å²) in [6.07, 6.45) is 1.49. The molecule has 0 atom stereocenters. The minimum absolute atomic E-state index is 0.163. The fraction of sp³-hybridized carbons (Fsp3) is 0.0625. The van der Waals surface area contributed by atoms with Crippen LogP contribution in [0.5, 0.6) is 0 Å². The van der Waals surface area contributed by atoms with Crippen LogP contribution in [0.2, 0.25) is 0 Å². The quantitative estimate of drug-likeness (QED) is 0.659. The number of aliphatic hydroxyl groups is 1. The summed E-state index contributed by atoms with van der Waals surface area (Å²) in [4.78, 5) is 4.37. The molecule has 2 aromatic carbocycles. The van der Waals surface area contributed by atoms with Crippen LogP contribution in [0.3, 0.4) is 0 Å². The van der Waals surface area contributed by atoms with Gasteiger partial charge in [-0.05, 0) is 46.1 Å². The van der Waals surface area contributed by atoms with Crippen molar-refractivity contribution in [3.8, 4) is 11.1 Å². The number of nitrogens with zero attached hydrogens (tertiary/aromatic N) is 1. The molecular formula is C16H12BrNO2. The number of hydrogen-bond donors (Lipinski definition) is 1. The highest BCUT2D eigenvalue weighted by molar-refractivity contribution is 9.10. The summed E-state index contributed by atoms with van der Waals surface area (Å²) in [5.41, 5.74) is 3.62. The van der Waals surface area contributed by atoms with Crippen LogP contribution in [0.4, 0.5) is 0 Å². The van der Waals surface area contributed by atoms with Crippen LogP contribution in [0, 0.1) is 0 Å². The van der Waals surface area contributed by atoms with Gasteiger partial charge in [0, 0.05) is 6.08 Å². The Hall–Kier alpha value is -2.07. The maximum absolute atomic E-state index is 9.28. The zero-order valence-electron chi connectivity index (χ0n) is 10.8. The average Bonchev–Trinajstić information content (AvgIpc) is 2.82. The number of hydrogen-bond acceptors (Lipinski definition) is 3. The van der Waals surface area contributed by atoms with E-state index >= 15 is 0 Å². The highest BCUT2D eigenvalue weighted by Gasteiger charge is 2.10. The van der Waals surface area contributed by atoms with Crippen molar-refractivity contribution in [1.82, 2.24) is 4.98 Å². The van der Waals surface area contributed by atoms with E-state index in [4.69, 9.17) is 4.42 Å². The maximum Gasteiger partial charge on any atom is 0.223 e. The fourth-order valence-electron chi connectivity index (χ4n) is 2.05. The van der Waals surface area contributed by atoms with Gasteiger partial charge in [0.25, 0.3) is 0 Å². The topological polar surface area (TPSA) is 46.3 Å². The van der Waals surface area contributed by atoms with Crippen LogP contribution in [0.25, 0.3) is 28.3 Å². The van der Waals surface area contributed by atoms with Crippen molar-refractivity contribution in [1.29, 1.82) is 0 Å². The summed E-state index contributed by atoms with van der Waals surface area (Å²) in [6.45, 7) is 1.58. The molecule has 20 heavy (non-hydrogen) atoms. The lowest BCUT2D eigenvalue weighted by molar-refractivity contribution is 0.417. The molecule has 4 heteroatoms. The fourth-order valence-corrected chi connectivity index (χ4v) is 2.58. The van der Waals surface area contributed by atoms with E-state index in [9.17, 15) is 5.11 Å². The molecule has 0 saturated carbocycles. The van der Waals surface area contributed by atoms with E-state index in [-0.39, 0.29) is 5.76 Å². The molecule has 0 unspecified atom stereocenters. The van der Waals surface area contributed by atoms with Crippen LogP contribution in [-0.4, -0.2) is 10.1 Å². The van der Waals surface area contributed by atoms with Gasteiger partial charge in [0.15, 0.2) is 5.58 Å². The third-order valence-corrected chi connectivity index (χ3v) is 3.49. The third kappa shape index (κ3) is 2.47. The molecule has 3 aromatic rings. The van der Waals surface area contributed by atoms with Crippen LogP contribution in [0.1, 0.15) is 12.8 Å². The van der Waals surface area contributed by atoms with Crippen LogP contribution >= 0.6 is 15.9 Å². The van der Waals surface area contributed by atoms with Gasteiger partial charge in [0.2, 0.25) is 5.89 Å². The first-order valence-corrected chi connectivity index (χ1v) is 6.95. The zero-order valence-corrected chi connectivity index (χ0v) is 12.4. The first-order chi connectivity index (χ1) is 9.63. The van der Waals surface area contributed by atoms with Gasteiger partial charge in [-0.15, -0.1) is 0 Å². The van der Waals surface area contributed by atoms with Gasteiger partial charge in [0.1, 0.15) is 5.52 Å². The number of fused-ring (bicyclic) bond motifs is 1. The molecule has 100 valence electrons. The van der Waals surface area contributed by atoms with Crippen molar-refractivity contribution in [2.45, 2.75) is 6.92 Å². The van der Waals surface area contributed by atoms with Crippen molar-refractivity contribution in [3.05, 3.63) is 58.6 Å². The zero-order chi connectivity index (χ0) is 14.1. The highest BCUT2D eigenvalue weighted by Crippen LogP contribution is 2.31. The first-order valence-electron chi connectivity index (χ1n) is 6.16. The maximum atomic E-state index is 9.28. The van der Waals surface area contributed by atoms with E-state index in [1.807, 2.05) is 42.5 Å². The molecule has 1 heterocycles. The predicted molar refractivity (Wildman–Crippen MR) is 83.4 cm³/mol. The first kappa shape index (κ1) is 12.9. The lowest BCUT2D eigenvalue weighted by Crippen LogP contribution is -1.79. The normalized spacial score (nSPS) is 12.0. The van der Waals surface area contributed by atoms with Gasteiger partial charge in [-0.25, -0.2) is 4.98 Å². The molecule has 0 bridgehead atoms. The Morgan fingerprint density at radius 2 is 1.95 bits per heavy atom. The molecule has 0 aliphatic rings. The molecule has 0 saturated heterocycles. The second kappa shape index (κ2) is 5.13. The number of allylic oxidation sites excluding steroid dienone is 1. The second-order valence-electron chi connectivity index (χ2n) is 4.51. The summed E-state index contributed by atoms with van der Waals surface area (Å²) < 4.78 is 6.45. The molecule has 1 N–H and O–H groups in total. The molecule has 0 amide bonds. The largest absolute Gasteiger partial charge is 0.512 e. The Balaban J connectivity index is 2.17. The van der Waals surface area contributed by atoms with Gasteiger partial charge in [0.05, 0.1) is 10.2 Å². The number of benzene rings is 2. The van der Waals surface area contributed by atoms with Crippen molar-refractivity contribution < 1.29 is 9.52 Å². The van der Waals surface area contributed by atoms with E-state index in [1.54, 1.807) is 6.92 Å². The SMILES string of the molecule is C/C(O)=C/c1nc2cc(-c3ccccc3)cc(Br)c2o1. The Bertz CT molecular complexity index is 787. The van der Waals surface area contributed by atoms with E-state index in [0.717, 1.165) is 21.1 Å². The summed E-state index contributed by atoms with van der Waals surface area (Å²) in [5, 5.41) is 9.28. The van der Waals surface area contributed by atoms with Crippen molar-refractivity contribution in [3.63, 3.8) is 0 Å². The van der Waals surface area contributed by atoms with Crippen molar-refractivity contribution in [2.75, 3.05) is 0 Å². The van der Waals surface area contributed by atoms with E-state index in [0.29, 0.717) is 11.5 Å². The minimum Gasteiger partial charge on any atom is -0.512 e. The standard InChI is InChI=1S/C16H12BrNO2/c1-10(19)7-15-18-14-9-12(8-13(17)16(14)20-15)11-5-3-2-4-6-11/h2-9,19H,1H3/b10-7-. The number of halogens is 1. The summed E-state index contributed by atoms with van der Waals surface area (Å²) in [7, 11) is 0.